The molecule has 1 aliphatic rings. The van der Waals surface area contributed by atoms with Gasteiger partial charge in [-0.15, -0.1) is 12.4 Å². The highest BCUT2D eigenvalue weighted by molar-refractivity contribution is 5.85. The lowest BCUT2D eigenvalue weighted by Crippen LogP contribution is -2.17. The molecule has 0 unspecified atom stereocenters. The Kier molecular flexibility index (Phi) is 2.43. The van der Waals surface area contributed by atoms with E-state index in [2.05, 4.69) is 0 Å². The van der Waals surface area contributed by atoms with E-state index in [0.29, 0.717) is 11.7 Å². The number of anilines is 1. The van der Waals surface area contributed by atoms with E-state index in [1.807, 2.05) is 0 Å². The zero-order chi connectivity index (χ0) is 7.84. The standard InChI is InChI=1S/C8H10N2O.ClH/c9-6-1-4-8(11)10(5-6)7-2-3-7;/h1,4-5,7H,2-3,9H2;1H. The van der Waals surface area contributed by atoms with E-state index in [-0.39, 0.29) is 18.0 Å². The third-order valence-electron chi connectivity index (χ3n) is 1.90. The van der Waals surface area contributed by atoms with Crippen molar-refractivity contribution < 1.29 is 0 Å². The van der Waals surface area contributed by atoms with Crippen molar-refractivity contribution in [3.63, 3.8) is 0 Å². The lowest BCUT2D eigenvalue weighted by Gasteiger charge is -2.02. The topological polar surface area (TPSA) is 48.0 Å². The first-order chi connectivity index (χ1) is 5.27. The van der Waals surface area contributed by atoms with Crippen LogP contribution in [0.1, 0.15) is 18.9 Å². The highest BCUT2D eigenvalue weighted by Gasteiger charge is 2.23. The lowest BCUT2D eigenvalue weighted by molar-refractivity contribution is 0.709. The number of hydrogen-bond donors (Lipinski definition) is 1. The number of pyridine rings is 1. The van der Waals surface area contributed by atoms with Gasteiger partial charge in [0, 0.05) is 24.0 Å². The molecular formula is C8H11ClN2O. The first-order valence-electron chi connectivity index (χ1n) is 3.75. The molecule has 0 amide bonds. The minimum Gasteiger partial charge on any atom is -0.398 e. The van der Waals surface area contributed by atoms with Crippen molar-refractivity contribution in [2.24, 2.45) is 0 Å². The monoisotopic (exact) mass is 186 g/mol. The average molecular weight is 187 g/mol. The van der Waals surface area contributed by atoms with E-state index in [1.165, 1.54) is 6.07 Å². The third-order valence-corrected chi connectivity index (χ3v) is 1.90. The van der Waals surface area contributed by atoms with Crippen LogP contribution in [0.5, 0.6) is 0 Å². The van der Waals surface area contributed by atoms with Gasteiger partial charge in [-0.2, -0.15) is 0 Å². The Morgan fingerprint density at radius 2 is 2.08 bits per heavy atom. The second kappa shape index (κ2) is 3.19. The summed E-state index contributed by atoms with van der Waals surface area (Å²) in [6.45, 7) is 0. The Hall–Kier alpha value is -0.960. The fourth-order valence-corrected chi connectivity index (χ4v) is 1.16. The molecule has 1 saturated carbocycles. The van der Waals surface area contributed by atoms with Gasteiger partial charge in [-0.3, -0.25) is 4.79 Å². The largest absolute Gasteiger partial charge is 0.398 e. The van der Waals surface area contributed by atoms with Crippen LogP contribution in [0.3, 0.4) is 0 Å². The summed E-state index contributed by atoms with van der Waals surface area (Å²) >= 11 is 0. The maximum Gasteiger partial charge on any atom is 0.250 e. The summed E-state index contributed by atoms with van der Waals surface area (Å²) in [6, 6.07) is 3.58. The Bertz CT molecular complexity index is 330. The molecule has 1 aromatic heterocycles. The van der Waals surface area contributed by atoms with Crippen LogP contribution in [-0.4, -0.2) is 4.57 Å². The lowest BCUT2D eigenvalue weighted by atomic mass is 10.4. The first-order valence-corrected chi connectivity index (χ1v) is 3.75. The molecule has 1 aromatic rings. The zero-order valence-corrected chi connectivity index (χ0v) is 7.38. The van der Waals surface area contributed by atoms with E-state index in [9.17, 15) is 4.79 Å². The van der Waals surface area contributed by atoms with Gasteiger partial charge in [0.15, 0.2) is 0 Å². The maximum absolute atomic E-state index is 11.2. The van der Waals surface area contributed by atoms with Crippen LogP contribution in [0.25, 0.3) is 0 Å². The number of rotatable bonds is 1. The van der Waals surface area contributed by atoms with Crippen molar-refractivity contribution in [2.75, 3.05) is 5.73 Å². The summed E-state index contributed by atoms with van der Waals surface area (Å²) in [4.78, 5) is 11.2. The smallest absolute Gasteiger partial charge is 0.250 e. The molecule has 0 atom stereocenters. The molecule has 3 nitrogen and oxygen atoms in total. The van der Waals surface area contributed by atoms with Crippen molar-refractivity contribution in [3.8, 4) is 0 Å². The van der Waals surface area contributed by atoms with E-state index >= 15 is 0 Å². The average Bonchev–Trinajstić information content (AvgIpc) is 2.76. The van der Waals surface area contributed by atoms with Crippen LogP contribution < -0.4 is 11.3 Å². The van der Waals surface area contributed by atoms with Crippen molar-refractivity contribution in [2.45, 2.75) is 18.9 Å². The van der Waals surface area contributed by atoms with Gasteiger partial charge in [-0.1, -0.05) is 0 Å². The van der Waals surface area contributed by atoms with Gasteiger partial charge in [0.2, 0.25) is 0 Å². The zero-order valence-electron chi connectivity index (χ0n) is 6.56. The summed E-state index contributed by atoms with van der Waals surface area (Å²) in [7, 11) is 0. The molecule has 2 rings (SSSR count). The first kappa shape index (κ1) is 9.13. The second-order valence-electron chi connectivity index (χ2n) is 2.94. The van der Waals surface area contributed by atoms with Gasteiger partial charge >= 0.3 is 0 Å². The second-order valence-corrected chi connectivity index (χ2v) is 2.94. The molecule has 2 N–H and O–H groups in total. The van der Waals surface area contributed by atoms with Crippen LogP contribution >= 0.6 is 12.4 Å². The summed E-state index contributed by atoms with van der Waals surface area (Å²) in [5.74, 6) is 0. The summed E-state index contributed by atoms with van der Waals surface area (Å²) in [5, 5.41) is 0. The van der Waals surface area contributed by atoms with Crippen LogP contribution in [-0.2, 0) is 0 Å². The predicted molar refractivity (Wildman–Crippen MR) is 50.6 cm³/mol. The molecular weight excluding hydrogens is 176 g/mol. The van der Waals surface area contributed by atoms with Crippen LogP contribution in [0.4, 0.5) is 5.69 Å². The van der Waals surface area contributed by atoms with E-state index < -0.39 is 0 Å². The molecule has 0 spiro atoms. The summed E-state index contributed by atoms with van der Waals surface area (Å²) in [5.41, 5.74) is 6.25. The van der Waals surface area contributed by atoms with Crippen LogP contribution in [0, 0.1) is 0 Å². The SMILES string of the molecule is Cl.Nc1ccc(=O)n(C2CC2)c1. The number of nitrogens with two attached hydrogens (primary N) is 1. The number of hydrogen-bond acceptors (Lipinski definition) is 2. The fourth-order valence-electron chi connectivity index (χ4n) is 1.16. The molecule has 0 aliphatic heterocycles. The van der Waals surface area contributed by atoms with Crippen LogP contribution in [0.15, 0.2) is 23.1 Å². The highest BCUT2D eigenvalue weighted by atomic mass is 35.5. The van der Waals surface area contributed by atoms with Crippen molar-refractivity contribution in [1.29, 1.82) is 0 Å². The molecule has 4 heteroatoms. The van der Waals surface area contributed by atoms with Gasteiger partial charge in [0.05, 0.1) is 0 Å². The predicted octanol–water partition coefficient (Wildman–Crippen LogP) is 1.19. The maximum atomic E-state index is 11.2. The highest BCUT2D eigenvalue weighted by Crippen LogP contribution is 2.33. The molecule has 0 bridgehead atoms. The van der Waals surface area contributed by atoms with Crippen molar-refractivity contribution in [3.05, 3.63) is 28.7 Å². The third kappa shape index (κ3) is 1.61. The van der Waals surface area contributed by atoms with Gasteiger partial charge in [-0.25, -0.2) is 0 Å². The minimum absolute atomic E-state index is 0. The summed E-state index contributed by atoms with van der Waals surface area (Å²) in [6.07, 6.45) is 3.95. The van der Waals surface area contributed by atoms with E-state index in [1.54, 1.807) is 16.8 Å². The van der Waals surface area contributed by atoms with Crippen molar-refractivity contribution >= 4 is 18.1 Å². The molecule has 66 valence electrons. The Labute approximate surface area is 76.6 Å². The van der Waals surface area contributed by atoms with Gasteiger partial charge in [0.25, 0.3) is 5.56 Å². The Morgan fingerprint density at radius 1 is 1.42 bits per heavy atom. The number of nitrogens with zero attached hydrogens (tertiary/aromatic N) is 1. The number of nitrogen functional groups attached to an aromatic ring is 1. The molecule has 1 aliphatic carbocycles. The van der Waals surface area contributed by atoms with Crippen molar-refractivity contribution in [1.82, 2.24) is 4.57 Å². The van der Waals surface area contributed by atoms with E-state index in [0.717, 1.165) is 12.8 Å². The van der Waals surface area contributed by atoms with Crippen LogP contribution in [0.2, 0.25) is 0 Å². The normalized spacial score (nSPS) is 15.3. The van der Waals surface area contributed by atoms with Gasteiger partial charge < -0.3 is 10.3 Å². The van der Waals surface area contributed by atoms with Gasteiger partial charge in [-0.05, 0) is 18.9 Å². The summed E-state index contributed by atoms with van der Waals surface area (Å²) < 4.78 is 1.72. The molecule has 0 saturated heterocycles. The van der Waals surface area contributed by atoms with Gasteiger partial charge in [0.1, 0.15) is 0 Å². The number of halogens is 1. The molecule has 1 fully saturated rings. The molecule has 0 aromatic carbocycles. The molecule has 12 heavy (non-hydrogen) atoms. The Morgan fingerprint density at radius 3 is 2.67 bits per heavy atom. The molecule has 0 radical (unpaired) electrons. The van der Waals surface area contributed by atoms with E-state index in [4.69, 9.17) is 5.73 Å². The quantitative estimate of drug-likeness (QED) is 0.716. The fraction of sp³-hybridized carbons (Fsp3) is 0.375. The minimum atomic E-state index is 0. The Balaban J connectivity index is 0.000000720. The molecule has 1 heterocycles. The number of aromatic nitrogens is 1.